The largest absolute Gasteiger partial charge is 0.496 e. The van der Waals surface area contributed by atoms with Gasteiger partial charge in [0, 0.05) is 38.2 Å². The summed E-state index contributed by atoms with van der Waals surface area (Å²) in [4.78, 5) is 27.1. The number of amides is 1. The van der Waals surface area contributed by atoms with Crippen LogP contribution in [0.3, 0.4) is 0 Å². The highest BCUT2D eigenvalue weighted by atomic mass is 32.1. The van der Waals surface area contributed by atoms with Gasteiger partial charge in [-0.3, -0.25) is 4.79 Å². The highest BCUT2D eigenvalue weighted by Gasteiger charge is 2.27. The molecule has 184 valence electrons. The minimum atomic E-state index is -0.659. The highest BCUT2D eigenvalue weighted by molar-refractivity contribution is 7.18. The van der Waals surface area contributed by atoms with E-state index in [4.69, 9.17) is 23.4 Å². The molecule has 1 aromatic carbocycles. The maximum absolute atomic E-state index is 13.0. The SMILES string of the molecule is COC(=O)c1sc(N(C)C)c(C#N)c1NC(=O)c1ccc(Cc2c(OC)cc(OC)cc2OC)o1. The Bertz CT molecular complexity index is 1260. The zero-order valence-electron chi connectivity index (χ0n) is 20.2. The average molecular weight is 500 g/mol. The molecule has 3 rings (SSSR count). The van der Waals surface area contributed by atoms with Crippen LogP contribution < -0.4 is 24.4 Å². The van der Waals surface area contributed by atoms with Gasteiger partial charge in [-0.25, -0.2) is 4.79 Å². The second-order valence-electron chi connectivity index (χ2n) is 7.39. The lowest BCUT2D eigenvalue weighted by molar-refractivity contribution is 0.0607. The predicted molar refractivity (Wildman–Crippen MR) is 130 cm³/mol. The van der Waals surface area contributed by atoms with Crippen molar-refractivity contribution in [1.82, 2.24) is 0 Å². The minimum absolute atomic E-state index is 0.00348. The first kappa shape index (κ1) is 25.5. The van der Waals surface area contributed by atoms with Gasteiger partial charge in [0.15, 0.2) is 5.76 Å². The smallest absolute Gasteiger partial charge is 0.350 e. The number of nitrogens with one attached hydrogen (secondary N) is 1. The van der Waals surface area contributed by atoms with E-state index in [1.54, 1.807) is 44.3 Å². The van der Waals surface area contributed by atoms with Gasteiger partial charge in [-0.1, -0.05) is 0 Å². The van der Waals surface area contributed by atoms with E-state index in [9.17, 15) is 14.9 Å². The van der Waals surface area contributed by atoms with Crippen molar-refractivity contribution in [2.24, 2.45) is 0 Å². The molecule has 0 bridgehead atoms. The van der Waals surface area contributed by atoms with Crippen molar-refractivity contribution >= 4 is 33.9 Å². The molecule has 0 spiro atoms. The number of nitriles is 1. The van der Waals surface area contributed by atoms with Gasteiger partial charge < -0.3 is 33.6 Å². The van der Waals surface area contributed by atoms with Crippen LogP contribution in [0.25, 0.3) is 0 Å². The second kappa shape index (κ2) is 10.8. The van der Waals surface area contributed by atoms with E-state index in [0.717, 1.165) is 11.3 Å². The highest BCUT2D eigenvalue weighted by Crippen LogP contribution is 2.40. The number of ether oxygens (including phenoxy) is 4. The van der Waals surface area contributed by atoms with Crippen LogP contribution in [0.4, 0.5) is 10.7 Å². The van der Waals surface area contributed by atoms with Crippen LogP contribution in [-0.4, -0.2) is 54.4 Å². The maximum Gasteiger partial charge on any atom is 0.350 e. The number of benzene rings is 1. The van der Waals surface area contributed by atoms with E-state index < -0.39 is 11.9 Å². The summed E-state index contributed by atoms with van der Waals surface area (Å²) in [7, 11) is 9.32. The molecule has 1 amide bonds. The van der Waals surface area contributed by atoms with Crippen molar-refractivity contribution in [3.63, 3.8) is 0 Å². The van der Waals surface area contributed by atoms with Crippen LogP contribution in [0.1, 0.15) is 37.1 Å². The Balaban J connectivity index is 1.91. The lowest BCUT2D eigenvalue weighted by Crippen LogP contribution is -2.14. The number of carbonyl (C=O) groups is 2. The molecule has 35 heavy (non-hydrogen) atoms. The predicted octanol–water partition coefficient (Wildman–Crippen LogP) is 3.93. The third kappa shape index (κ3) is 5.17. The van der Waals surface area contributed by atoms with Crippen LogP contribution in [0.15, 0.2) is 28.7 Å². The molecule has 0 aliphatic heterocycles. The van der Waals surface area contributed by atoms with Crippen molar-refractivity contribution in [2.45, 2.75) is 6.42 Å². The van der Waals surface area contributed by atoms with Crippen LogP contribution in [0.2, 0.25) is 0 Å². The first-order valence-corrected chi connectivity index (χ1v) is 11.1. The van der Waals surface area contributed by atoms with Gasteiger partial charge in [-0.2, -0.15) is 5.26 Å². The fourth-order valence-electron chi connectivity index (χ4n) is 3.39. The van der Waals surface area contributed by atoms with Crippen LogP contribution in [-0.2, 0) is 11.2 Å². The molecular formula is C24H25N3O7S. The lowest BCUT2D eigenvalue weighted by Gasteiger charge is -2.14. The Hall–Kier alpha value is -4.17. The Morgan fingerprint density at radius 1 is 1.09 bits per heavy atom. The van der Waals surface area contributed by atoms with Gasteiger partial charge in [0.1, 0.15) is 44.5 Å². The van der Waals surface area contributed by atoms with Gasteiger partial charge in [0.25, 0.3) is 5.91 Å². The zero-order chi connectivity index (χ0) is 25.7. The number of nitrogens with zero attached hydrogens (tertiary/aromatic N) is 2. The molecule has 2 heterocycles. The molecule has 0 saturated carbocycles. The van der Waals surface area contributed by atoms with Crippen LogP contribution in [0.5, 0.6) is 17.2 Å². The third-order valence-corrected chi connectivity index (χ3v) is 6.41. The lowest BCUT2D eigenvalue weighted by atomic mass is 10.1. The molecule has 0 atom stereocenters. The Morgan fingerprint density at radius 3 is 2.26 bits per heavy atom. The number of furan rings is 1. The number of rotatable bonds is 9. The van der Waals surface area contributed by atoms with Gasteiger partial charge in [0.05, 0.1) is 34.1 Å². The molecule has 0 saturated heterocycles. The Morgan fingerprint density at radius 2 is 1.74 bits per heavy atom. The topological polar surface area (TPSA) is 123 Å². The molecule has 0 aliphatic carbocycles. The maximum atomic E-state index is 13.0. The molecule has 0 unspecified atom stereocenters. The number of thiophene rings is 1. The summed E-state index contributed by atoms with van der Waals surface area (Å²) in [6.45, 7) is 0. The molecule has 0 fully saturated rings. The molecule has 0 radical (unpaired) electrons. The number of hydrogen-bond donors (Lipinski definition) is 1. The fraction of sp³-hybridized carbons (Fsp3) is 0.292. The summed E-state index contributed by atoms with van der Waals surface area (Å²) in [5.74, 6) is 0.862. The van der Waals surface area contributed by atoms with Crippen molar-refractivity contribution in [1.29, 1.82) is 5.26 Å². The van der Waals surface area contributed by atoms with E-state index in [1.165, 1.54) is 27.4 Å². The Kier molecular flexibility index (Phi) is 7.88. The summed E-state index contributed by atoms with van der Waals surface area (Å²) >= 11 is 1.05. The fourth-order valence-corrected chi connectivity index (χ4v) is 4.44. The first-order chi connectivity index (χ1) is 16.8. The van der Waals surface area contributed by atoms with E-state index in [-0.39, 0.29) is 28.3 Å². The van der Waals surface area contributed by atoms with Crippen molar-refractivity contribution in [3.8, 4) is 23.3 Å². The van der Waals surface area contributed by atoms with Crippen molar-refractivity contribution < 1.29 is 33.0 Å². The van der Waals surface area contributed by atoms with Gasteiger partial charge in [-0.15, -0.1) is 11.3 Å². The van der Waals surface area contributed by atoms with Crippen molar-refractivity contribution in [2.75, 3.05) is 52.8 Å². The summed E-state index contributed by atoms with van der Waals surface area (Å²) in [6, 6.07) is 8.67. The summed E-state index contributed by atoms with van der Waals surface area (Å²) in [6.07, 6.45) is 0.281. The molecular weight excluding hydrogens is 474 g/mol. The molecule has 2 aromatic heterocycles. The summed E-state index contributed by atoms with van der Waals surface area (Å²) in [5, 5.41) is 12.8. The van der Waals surface area contributed by atoms with E-state index in [0.29, 0.717) is 33.6 Å². The molecule has 0 aliphatic rings. The summed E-state index contributed by atoms with van der Waals surface area (Å²) < 4.78 is 26.8. The second-order valence-corrected chi connectivity index (χ2v) is 8.39. The molecule has 10 nitrogen and oxygen atoms in total. The number of carbonyl (C=O) groups excluding carboxylic acids is 2. The number of esters is 1. The molecule has 1 N–H and O–H groups in total. The normalized spacial score (nSPS) is 10.3. The van der Waals surface area contributed by atoms with Gasteiger partial charge >= 0.3 is 5.97 Å². The minimum Gasteiger partial charge on any atom is -0.496 e. The van der Waals surface area contributed by atoms with E-state index in [1.807, 2.05) is 0 Å². The number of hydrogen-bond acceptors (Lipinski definition) is 10. The quantitative estimate of drug-likeness (QED) is 0.436. The number of anilines is 2. The monoisotopic (exact) mass is 499 g/mol. The standard InChI is InChI=1S/C24H25N3O7S/c1-27(2)23-16(12-25)20(21(35-23)24(29)33-6)26-22(28)17-8-7-13(34-17)9-15-18(31-4)10-14(30-3)11-19(15)32-5/h7-8,10-11H,9H2,1-6H3,(H,26,28). The average Bonchev–Trinajstić information content (AvgIpc) is 3.48. The summed E-state index contributed by atoms with van der Waals surface area (Å²) in [5.41, 5.74) is 0.952. The van der Waals surface area contributed by atoms with Crippen molar-refractivity contribution in [3.05, 3.63) is 51.8 Å². The number of methoxy groups -OCH3 is 4. The molecule has 11 heteroatoms. The van der Waals surface area contributed by atoms with Crippen LogP contribution in [0, 0.1) is 11.3 Å². The van der Waals surface area contributed by atoms with E-state index >= 15 is 0 Å². The third-order valence-electron chi connectivity index (χ3n) is 5.07. The van der Waals surface area contributed by atoms with Crippen LogP contribution >= 0.6 is 11.3 Å². The zero-order valence-corrected chi connectivity index (χ0v) is 21.0. The Labute approximate surface area is 206 Å². The van der Waals surface area contributed by atoms with Gasteiger partial charge in [-0.05, 0) is 12.1 Å². The van der Waals surface area contributed by atoms with E-state index in [2.05, 4.69) is 11.4 Å². The molecule has 3 aromatic rings. The first-order valence-electron chi connectivity index (χ1n) is 10.3. The van der Waals surface area contributed by atoms with Gasteiger partial charge in [0.2, 0.25) is 0 Å².